The average molecular weight is 941 g/mol. The number of hydrogen-bond acceptors (Lipinski definition) is 15. The molecule has 66 heavy (non-hydrogen) atoms. The van der Waals surface area contributed by atoms with Crippen LogP contribution in [0.1, 0.15) is 108 Å². The summed E-state index contributed by atoms with van der Waals surface area (Å²) in [6.07, 6.45) is 6.30. The highest BCUT2D eigenvalue weighted by molar-refractivity contribution is 6.32. The smallest absolute Gasteiger partial charge is 0.379 e. The summed E-state index contributed by atoms with van der Waals surface area (Å²) in [5.74, 6) is -7.18. The molecule has 4 aliphatic heterocycles. The van der Waals surface area contributed by atoms with Crippen LogP contribution in [0.3, 0.4) is 0 Å². The number of allylic oxidation sites excluding steroid dienone is 2. The van der Waals surface area contributed by atoms with Gasteiger partial charge in [0.2, 0.25) is 0 Å². The second-order valence-electron chi connectivity index (χ2n) is 19.4. The summed E-state index contributed by atoms with van der Waals surface area (Å²) in [6, 6.07) is 2.75. The van der Waals surface area contributed by atoms with Crippen LogP contribution in [0.25, 0.3) is 0 Å². The van der Waals surface area contributed by atoms with Crippen molar-refractivity contribution in [2.24, 2.45) is 35.0 Å². The van der Waals surface area contributed by atoms with Crippen LogP contribution in [0.15, 0.2) is 59.6 Å². The number of esters is 3. The fraction of sp³-hybridized carbons (Fsp3) is 0.633. The van der Waals surface area contributed by atoms with E-state index in [1.807, 2.05) is 19.1 Å². The van der Waals surface area contributed by atoms with Gasteiger partial charge in [-0.2, -0.15) is 0 Å². The highest BCUT2D eigenvalue weighted by Gasteiger charge is 2.60. The van der Waals surface area contributed by atoms with E-state index < -0.39 is 114 Å². The molecule has 3 fully saturated rings. The molecule has 5 unspecified atom stereocenters. The van der Waals surface area contributed by atoms with E-state index >= 15 is 0 Å². The van der Waals surface area contributed by atoms with Gasteiger partial charge in [-0.1, -0.05) is 61.7 Å². The Kier molecular flexibility index (Phi) is 13.9. The van der Waals surface area contributed by atoms with E-state index in [-0.39, 0.29) is 58.9 Å². The van der Waals surface area contributed by atoms with E-state index in [0.29, 0.717) is 37.7 Å². The Morgan fingerprint density at radius 1 is 0.879 bits per heavy atom. The minimum Gasteiger partial charge on any atom is -0.507 e. The van der Waals surface area contributed by atoms with Crippen molar-refractivity contribution in [2.45, 2.75) is 160 Å². The normalized spacial score (nSPS) is 40.9. The first-order valence-corrected chi connectivity index (χ1v) is 23.6. The number of rotatable bonds is 7. The Morgan fingerprint density at radius 2 is 1.58 bits per heavy atom. The van der Waals surface area contributed by atoms with Crippen LogP contribution in [0.2, 0.25) is 5.02 Å². The molecular formula is C49H61ClO16. The Balaban J connectivity index is 0.934. The zero-order valence-electron chi connectivity index (χ0n) is 37.8. The highest BCUT2D eigenvalue weighted by Crippen LogP contribution is 2.55. The molecule has 17 heteroatoms. The van der Waals surface area contributed by atoms with Crippen LogP contribution in [-0.2, 0) is 47.5 Å². The van der Waals surface area contributed by atoms with Crippen molar-refractivity contribution in [3.8, 4) is 5.75 Å². The summed E-state index contributed by atoms with van der Waals surface area (Å²) in [4.78, 5) is 53.5. The third kappa shape index (κ3) is 8.83. The Bertz CT molecular complexity index is 2180. The lowest BCUT2D eigenvalue weighted by molar-refractivity contribution is -0.318. The lowest BCUT2D eigenvalue weighted by atomic mass is 9.55. The number of carbonyl (C=O) groups excluding carboxylic acids is 3. The fourth-order valence-electron chi connectivity index (χ4n) is 11.6. The molecule has 1 aromatic rings. The maximum absolute atomic E-state index is 14.7. The molecule has 0 radical (unpaired) electrons. The third-order valence-corrected chi connectivity index (χ3v) is 15.6. The molecule has 7 aliphatic rings. The Morgan fingerprint density at radius 3 is 2.27 bits per heavy atom. The van der Waals surface area contributed by atoms with E-state index in [4.69, 9.17) is 44.8 Å². The SMILES string of the molecule is Cc1c(Cl)ccc(O)c1C(=O)O[C@H]1[C@H](O)C[C@@H](O[C@H]2[C@H](O)C[C@@H](O[C@H]3CCCC4C3C=CC3CCCC/C=C/C5C=C(C(=O)O)[C@H](C)CC56OC(=O)C(=C6O)OC(=O)[C@]34C)O[C@@H]2C)O[C@@H]1C. The number of benzene rings is 1. The number of phenols is 1. The quantitative estimate of drug-likeness (QED) is 0.109. The number of carboxylic acids is 1. The van der Waals surface area contributed by atoms with Crippen molar-refractivity contribution >= 4 is 35.5 Å². The number of aliphatic hydroxyl groups excluding tert-OH is 3. The number of ether oxygens (including phenoxy) is 7. The van der Waals surface area contributed by atoms with Gasteiger partial charge in [-0.3, -0.25) is 4.79 Å². The van der Waals surface area contributed by atoms with E-state index in [1.54, 1.807) is 33.8 Å². The Hall–Kier alpha value is -4.29. The number of aromatic hydroxyl groups is 1. The van der Waals surface area contributed by atoms with Gasteiger partial charge < -0.3 is 58.7 Å². The lowest BCUT2D eigenvalue weighted by Crippen LogP contribution is -2.56. The van der Waals surface area contributed by atoms with E-state index in [0.717, 1.165) is 12.8 Å². The monoisotopic (exact) mass is 940 g/mol. The topological polar surface area (TPSA) is 234 Å². The number of carboxylic acid groups (broad SMARTS) is 1. The number of halogens is 1. The first-order valence-electron chi connectivity index (χ1n) is 23.2. The molecule has 5 N–H and O–H groups in total. The molecular weight excluding hydrogens is 880 g/mol. The summed E-state index contributed by atoms with van der Waals surface area (Å²) in [6.45, 7) is 8.49. The van der Waals surface area contributed by atoms with Gasteiger partial charge >= 0.3 is 23.9 Å². The lowest BCUT2D eigenvalue weighted by Gasteiger charge is -2.51. The first-order chi connectivity index (χ1) is 31.3. The summed E-state index contributed by atoms with van der Waals surface area (Å²) in [5, 5.41) is 54.8. The van der Waals surface area contributed by atoms with Gasteiger partial charge in [0.05, 0.1) is 35.9 Å². The van der Waals surface area contributed by atoms with Crippen LogP contribution in [-0.4, -0.2) is 110 Å². The standard InChI is InChI=1S/C49H61ClO16/c1-23-22-49-28(19-30(23)44(55)56)12-9-7-6-8-11-27-15-16-29-31(48(27,5)47(59)65-42(43(49)54)46(58)66-49)13-10-14-36(29)62-37-20-34(52)40(25(3)60-37)63-38-21-35(53)41(26(4)61-38)64-45(57)39-24(2)32(50)17-18-33(39)51/h9,12,15-19,23,25-29,31,34-38,40-41,51-54H,6-8,10-11,13-14,20-22H2,1-5H3,(H,55,56)/b12-9+/t23-,25-,26-,27?,28?,29?,31?,34-,35-,36+,37-,38-,40-,41-,48-,49?/m1/s1. The minimum atomic E-state index is -1.62. The van der Waals surface area contributed by atoms with Gasteiger partial charge in [0, 0.05) is 41.7 Å². The highest BCUT2D eigenvalue weighted by atomic mass is 35.5. The zero-order valence-corrected chi connectivity index (χ0v) is 38.6. The molecule has 1 spiro atoms. The van der Waals surface area contributed by atoms with Crippen LogP contribution in [0.5, 0.6) is 5.75 Å². The van der Waals surface area contributed by atoms with E-state index in [9.17, 15) is 44.7 Å². The molecule has 0 amide bonds. The number of aliphatic carboxylic acids is 1. The maximum atomic E-state index is 14.7. The number of aliphatic hydroxyl groups is 3. The predicted molar refractivity (Wildman–Crippen MR) is 233 cm³/mol. The number of phenolic OH excluding ortho intramolecular Hbond substituents is 1. The average Bonchev–Trinajstić information content (AvgIpc) is 3.48. The summed E-state index contributed by atoms with van der Waals surface area (Å²) in [5.41, 5.74) is -2.39. The molecule has 1 aromatic carbocycles. The number of fused-ring (bicyclic) bond motifs is 3. The molecule has 0 aromatic heterocycles. The van der Waals surface area contributed by atoms with Crippen LogP contribution < -0.4 is 0 Å². The van der Waals surface area contributed by atoms with Crippen molar-refractivity contribution in [1.29, 1.82) is 0 Å². The molecule has 3 aliphatic carbocycles. The first kappa shape index (κ1) is 48.2. The van der Waals surface area contributed by atoms with Gasteiger partial charge in [-0.05, 0) is 95.2 Å². The summed E-state index contributed by atoms with van der Waals surface area (Å²) >= 11 is 6.16. The predicted octanol–water partition coefficient (Wildman–Crippen LogP) is 6.66. The Labute approximate surface area is 388 Å². The molecule has 16 atom stereocenters. The second-order valence-corrected chi connectivity index (χ2v) is 19.8. The van der Waals surface area contributed by atoms with Gasteiger partial charge in [0.25, 0.3) is 5.76 Å². The number of carbonyl (C=O) groups is 4. The van der Waals surface area contributed by atoms with Crippen LogP contribution in [0.4, 0.5) is 0 Å². The summed E-state index contributed by atoms with van der Waals surface area (Å²) in [7, 11) is 0. The van der Waals surface area contributed by atoms with Crippen molar-refractivity contribution in [2.75, 3.05) is 0 Å². The van der Waals surface area contributed by atoms with Crippen molar-refractivity contribution < 1.29 is 77.9 Å². The van der Waals surface area contributed by atoms with Crippen molar-refractivity contribution in [3.05, 3.63) is 75.8 Å². The van der Waals surface area contributed by atoms with Crippen LogP contribution in [0, 0.1) is 41.9 Å². The second kappa shape index (κ2) is 19.0. The zero-order chi connectivity index (χ0) is 47.4. The van der Waals surface area contributed by atoms with E-state index in [2.05, 4.69) is 6.08 Å². The van der Waals surface area contributed by atoms with Gasteiger partial charge in [0.15, 0.2) is 30.0 Å². The summed E-state index contributed by atoms with van der Waals surface area (Å²) < 4.78 is 42.7. The molecule has 1 saturated carbocycles. The molecule has 360 valence electrons. The minimum absolute atomic E-state index is 0.0103. The molecule has 2 saturated heterocycles. The largest absolute Gasteiger partial charge is 0.507 e. The number of hydrogen-bond donors (Lipinski definition) is 5. The van der Waals surface area contributed by atoms with Crippen LogP contribution >= 0.6 is 11.6 Å². The molecule has 2 bridgehead atoms. The fourth-order valence-corrected chi connectivity index (χ4v) is 11.7. The maximum Gasteiger partial charge on any atom is 0.379 e. The molecule has 4 heterocycles. The van der Waals surface area contributed by atoms with Crippen molar-refractivity contribution in [3.63, 3.8) is 0 Å². The van der Waals surface area contributed by atoms with Gasteiger partial charge in [0.1, 0.15) is 17.4 Å². The third-order valence-electron chi connectivity index (χ3n) is 15.2. The van der Waals surface area contributed by atoms with E-state index in [1.165, 1.54) is 18.2 Å². The van der Waals surface area contributed by atoms with Gasteiger partial charge in [-0.15, -0.1) is 0 Å². The van der Waals surface area contributed by atoms with Crippen molar-refractivity contribution in [1.82, 2.24) is 0 Å². The van der Waals surface area contributed by atoms with Gasteiger partial charge in [-0.25, -0.2) is 14.4 Å². The molecule has 16 nitrogen and oxygen atoms in total. The molecule has 8 rings (SSSR count).